The first-order valence-electron chi connectivity index (χ1n) is 8.98. The van der Waals surface area contributed by atoms with E-state index < -0.39 is 11.9 Å². The summed E-state index contributed by atoms with van der Waals surface area (Å²) in [6, 6.07) is 19.3. The van der Waals surface area contributed by atoms with Gasteiger partial charge in [0.05, 0.1) is 13.0 Å². The standard InChI is InChI=1S/C23H22FNO3/c1-15(23(27)28-2)17-9-12-20(21(24)13-17)16-7-10-19(11-8-16)25-14-18-5-3-4-6-22(18)26/h3-13,15,25-26H,14H2,1-2H3. The molecule has 0 fully saturated rings. The number of methoxy groups -OCH3 is 1. The van der Waals surface area contributed by atoms with E-state index in [1.165, 1.54) is 13.2 Å². The van der Waals surface area contributed by atoms with E-state index in [1.807, 2.05) is 36.4 Å². The highest BCUT2D eigenvalue weighted by Gasteiger charge is 2.17. The molecule has 0 bridgehead atoms. The Hall–Kier alpha value is -3.34. The number of esters is 1. The summed E-state index contributed by atoms with van der Waals surface area (Å²) < 4.78 is 19.3. The molecule has 0 saturated carbocycles. The van der Waals surface area contributed by atoms with Gasteiger partial charge in [-0.15, -0.1) is 0 Å². The number of hydrogen-bond donors (Lipinski definition) is 2. The van der Waals surface area contributed by atoms with Crippen molar-refractivity contribution < 1.29 is 19.0 Å². The van der Waals surface area contributed by atoms with Crippen LogP contribution >= 0.6 is 0 Å². The molecule has 3 rings (SSSR count). The lowest BCUT2D eigenvalue weighted by atomic mass is 9.97. The van der Waals surface area contributed by atoms with Crippen molar-refractivity contribution in [3.05, 3.63) is 83.7 Å². The molecule has 0 saturated heterocycles. The van der Waals surface area contributed by atoms with Crippen LogP contribution in [0.2, 0.25) is 0 Å². The number of rotatable bonds is 6. The fourth-order valence-electron chi connectivity index (χ4n) is 2.97. The Morgan fingerprint density at radius 3 is 2.46 bits per heavy atom. The number of para-hydroxylation sites is 1. The maximum absolute atomic E-state index is 14.6. The van der Waals surface area contributed by atoms with E-state index in [9.17, 15) is 14.3 Å². The van der Waals surface area contributed by atoms with E-state index in [0.29, 0.717) is 17.7 Å². The zero-order chi connectivity index (χ0) is 20.1. The molecule has 0 radical (unpaired) electrons. The molecule has 0 aliphatic heterocycles. The van der Waals surface area contributed by atoms with Crippen LogP contribution in [0.3, 0.4) is 0 Å². The molecule has 4 nitrogen and oxygen atoms in total. The lowest BCUT2D eigenvalue weighted by Gasteiger charge is -2.12. The minimum atomic E-state index is -0.519. The van der Waals surface area contributed by atoms with Crippen LogP contribution in [0, 0.1) is 5.82 Å². The SMILES string of the molecule is COC(=O)C(C)c1ccc(-c2ccc(NCc3ccccc3O)cc2)c(F)c1. The third-order valence-corrected chi connectivity index (χ3v) is 4.72. The van der Waals surface area contributed by atoms with Gasteiger partial charge in [0.25, 0.3) is 0 Å². The number of halogens is 1. The van der Waals surface area contributed by atoms with Crippen LogP contribution in [0.15, 0.2) is 66.7 Å². The van der Waals surface area contributed by atoms with Crippen molar-refractivity contribution in [2.75, 3.05) is 12.4 Å². The molecular weight excluding hydrogens is 357 g/mol. The maximum Gasteiger partial charge on any atom is 0.312 e. The van der Waals surface area contributed by atoms with Gasteiger partial charge in [-0.1, -0.05) is 42.5 Å². The third-order valence-electron chi connectivity index (χ3n) is 4.72. The Balaban J connectivity index is 1.72. The van der Waals surface area contributed by atoms with E-state index in [-0.39, 0.29) is 11.6 Å². The minimum absolute atomic E-state index is 0.245. The molecule has 0 aliphatic carbocycles. The van der Waals surface area contributed by atoms with Crippen LogP contribution in [0.4, 0.5) is 10.1 Å². The van der Waals surface area contributed by atoms with Crippen LogP contribution in [0.1, 0.15) is 24.0 Å². The molecule has 0 amide bonds. The highest BCUT2D eigenvalue weighted by molar-refractivity contribution is 5.78. The Morgan fingerprint density at radius 2 is 1.82 bits per heavy atom. The first kappa shape index (κ1) is 19.4. The van der Waals surface area contributed by atoms with Crippen molar-refractivity contribution in [3.63, 3.8) is 0 Å². The molecule has 0 aliphatic rings. The normalized spacial score (nSPS) is 11.7. The van der Waals surface area contributed by atoms with Gasteiger partial charge in [-0.3, -0.25) is 4.79 Å². The summed E-state index contributed by atoms with van der Waals surface area (Å²) in [6.45, 7) is 2.17. The Bertz CT molecular complexity index is 970. The zero-order valence-corrected chi connectivity index (χ0v) is 15.8. The molecular formula is C23H22FNO3. The van der Waals surface area contributed by atoms with E-state index in [4.69, 9.17) is 4.74 Å². The maximum atomic E-state index is 14.6. The van der Waals surface area contributed by atoms with Crippen LogP contribution in [-0.4, -0.2) is 18.2 Å². The van der Waals surface area contributed by atoms with E-state index in [2.05, 4.69) is 5.32 Å². The van der Waals surface area contributed by atoms with E-state index in [1.54, 1.807) is 31.2 Å². The van der Waals surface area contributed by atoms with Gasteiger partial charge < -0.3 is 15.2 Å². The average Bonchev–Trinajstić information content (AvgIpc) is 2.72. The molecule has 3 aromatic carbocycles. The third kappa shape index (κ3) is 4.31. The second-order valence-electron chi connectivity index (χ2n) is 6.54. The van der Waals surface area contributed by atoms with Crippen LogP contribution < -0.4 is 5.32 Å². The first-order valence-corrected chi connectivity index (χ1v) is 8.98. The number of nitrogens with one attached hydrogen (secondary N) is 1. The molecule has 0 spiro atoms. The molecule has 3 aromatic rings. The van der Waals surface area contributed by atoms with Crippen molar-refractivity contribution in [1.29, 1.82) is 0 Å². The number of carbonyl (C=O) groups excluding carboxylic acids is 1. The number of ether oxygens (including phenoxy) is 1. The molecule has 2 N–H and O–H groups in total. The summed E-state index contributed by atoms with van der Waals surface area (Å²) in [6.07, 6.45) is 0. The monoisotopic (exact) mass is 379 g/mol. The number of phenols is 1. The average molecular weight is 379 g/mol. The summed E-state index contributed by atoms with van der Waals surface area (Å²) in [4.78, 5) is 11.6. The number of aromatic hydroxyl groups is 1. The first-order chi connectivity index (χ1) is 13.5. The topological polar surface area (TPSA) is 58.6 Å². The summed E-state index contributed by atoms with van der Waals surface area (Å²) >= 11 is 0. The summed E-state index contributed by atoms with van der Waals surface area (Å²) in [5, 5.41) is 13.0. The highest BCUT2D eigenvalue weighted by atomic mass is 19.1. The second kappa shape index (κ2) is 8.57. The van der Waals surface area contributed by atoms with Crippen molar-refractivity contribution >= 4 is 11.7 Å². The van der Waals surface area contributed by atoms with E-state index >= 15 is 0 Å². The van der Waals surface area contributed by atoms with Crippen LogP contribution in [0.5, 0.6) is 5.75 Å². The number of benzene rings is 3. The summed E-state index contributed by atoms with van der Waals surface area (Å²) in [5.74, 6) is -1.06. The molecule has 28 heavy (non-hydrogen) atoms. The van der Waals surface area contributed by atoms with E-state index in [0.717, 1.165) is 16.8 Å². The second-order valence-corrected chi connectivity index (χ2v) is 6.54. The Morgan fingerprint density at radius 1 is 1.11 bits per heavy atom. The zero-order valence-electron chi connectivity index (χ0n) is 15.8. The predicted molar refractivity (Wildman–Crippen MR) is 108 cm³/mol. The quantitative estimate of drug-likeness (QED) is 0.586. The molecule has 1 atom stereocenters. The number of phenolic OH excluding ortho intramolecular Hbond substituents is 1. The Kier molecular flexibility index (Phi) is 5.94. The van der Waals surface area contributed by atoms with Gasteiger partial charge in [0.2, 0.25) is 0 Å². The molecule has 144 valence electrons. The lowest BCUT2D eigenvalue weighted by Crippen LogP contribution is -2.11. The van der Waals surface area contributed by atoms with Gasteiger partial charge in [0.1, 0.15) is 11.6 Å². The molecule has 0 heterocycles. The Labute approximate surface area is 163 Å². The van der Waals surface area contributed by atoms with Crippen LogP contribution in [0.25, 0.3) is 11.1 Å². The summed E-state index contributed by atoms with van der Waals surface area (Å²) in [7, 11) is 1.32. The van der Waals surface area contributed by atoms with Crippen molar-refractivity contribution in [1.82, 2.24) is 0 Å². The van der Waals surface area contributed by atoms with Gasteiger partial charge in [0.15, 0.2) is 0 Å². The predicted octanol–water partition coefficient (Wildman–Crippen LogP) is 5.09. The van der Waals surface area contributed by atoms with Gasteiger partial charge >= 0.3 is 5.97 Å². The van der Waals surface area contributed by atoms with Crippen molar-refractivity contribution in [2.24, 2.45) is 0 Å². The minimum Gasteiger partial charge on any atom is -0.508 e. The molecule has 5 heteroatoms. The number of carbonyl (C=O) groups is 1. The number of hydrogen-bond acceptors (Lipinski definition) is 4. The van der Waals surface area contributed by atoms with Crippen molar-refractivity contribution in [3.8, 4) is 16.9 Å². The molecule has 1 unspecified atom stereocenters. The van der Waals surface area contributed by atoms with Gasteiger partial charge in [0, 0.05) is 23.4 Å². The molecule has 0 aromatic heterocycles. The smallest absolute Gasteiger partial charge is 0.312 e. The van der Waals surface area contributed by atoms with Gasteiger partial charge in [-0.05, 0) is 42.3 Å². The van der Waals surface area contributed by atoms with Crippen LogP contribution in [-0.2, 0) is 16.1 Å². The lowest BCUT2D eigenvalue weighted by molar-refractivity contribution is -0.141. The largest absolute Gasteiger partial charge is 0.508 e. The van der Waals surface area contributed by atoms with Gasteiger partial charge in [-0.25, -0.2) is 4.39 Å². The van der Waals surface area contributed by atoms with Gasteiger partial charge in [-0.2, -0.15) is 0 Å². The summed E-state index contributed by atoms with van der Waals surface area (Å²) in [5.41, 5.74) is 3.45. The number of anilines is 1. The highest BCUT2D eigenvalue weighted by Crippen LogP contribution is 2.28. The van der Waals surface area contributed by atoms with Crippen molar-refractivity contribution in [2.45, 2.75) is 19.4 Å². The fourth-order valence-corrected chi connectivity index (χ4v) is 2.97. The fraction of sp³-hybridized carbons (Fsp3) is 0.174.